The Morgan fingerprint density at radius 1 is 1.21 bits per heavy atom. The summed E-state index contributed by atoms with van der Waals surface area (Å²) in [5, 5.41) is 7.49. The Hall–Kier alpha value is -2.36. The van der Waals surface area contributed by atoms with Crippen LogP contribution in [0.15, 0.2) is 18.2 Å². The van der Waals surface area contributed by atoms with Crippen LogP contribution in [0.3, 0.4) is 0 Å². The molecular weight excluding hydrogens is 480 g/mol. The van der Waals surface area contributed by atoms with E-state index in [0.29, 0.717) is 43.1 Å². The average Bonchev–Trinajstić information content (AvgIpc) is 3.00. The molecule has 1 fully saturated rings. The third-order valence-corrected chi connectivity index (χ3v) is 6.27. The summed E-state index contributed by atoms with van der Waals surface area (Å²) in [5.41, 5.74) is 0.153. The van der Waals surface area contributed by atoms with E-state index in [1.54, 1.807) is 6.92 Å². The molecule has 0 bridgehead atoms. The third kappa shape index (κ3) is 4.95. The molecule has 1 aliphatic rings. The zero-order valence-electron chi connectivity index (χ0n) is 17.9. The zero-order chi connectivity index (χ0) is 23.9. The van der Waals surface area contributed by atoms with Crippen LogP contribution in [0.4, 0.5) is 18.9 Å². The summed E-state index contributed by atoms with van der Waals surface area (Å²) in [7, 11) is 0. The standard InChI is InChI=1S/C22H21Cl2F3N4O2/c1-11-19(12(2)31(30-11)10-13-3-5-33-6-4-13)29-21(32)16-9-18(22(25,26)27)28-20-15(16)7-14(23)8-17(20)24/h7-9,13H,3-6,10H2,1-2H3,(H,29,32). The number of aromatic nitrogens is 3. The molecule has 0 atom stereocenters. The average molecular weight is 501 g/mol. The van der Waals surface area contributed by atoms with Gasteiger partial charge in [-0.05, 0) is 50.8 Å². The summed E-state index contributed by atoms with van der Waals surface area (Å²) >= 11 is 12.1. The molecule has 1 saturated heterocycles. The van der Waals surface area contributed by atoms with Crippen LogP contribution >= 0.6 is 23.2 Å². The number of nitrogens with one attached hydrogen (secondary N) is 1. The van der Waals surface area contributed by atoms with Gasteiger partial charge >= 0.3 is 6.18 Å². The summed E-state index contributed by atoms with van der Waals surface area (Å²) in [6.07, 6.45) is -2.91. The van der Waals surface area contributed by atoms with Gasteiger partial charge in [0.05, 0.1) is 33.2 Å². The van der Waals surface area contributed by atoms with Crippen LogP contribution in [-0.4, -0.2) is 33.9 Å². The van der Waals surface area contributed by atoms with Crippen LogP contribution in [-0.2, 0) is 17.5 Å². The van der Waals surface area contributed by atoms with Gasteiger partial charge in [-0.1, -0.05) is 23.2 Å². The van der Waals surface area contributed by atoms with E-state index < -0.39 is 17.8 Å². The quantitative estimate of drug-likeness (QED) is 0.473. The maximum Gasteiger partial charge on any atom is 0.433 e. The van der Waals surface area contributed by atoms with Crippen LogP contribution in [0.2, 0.25) is 10.0 Å². The van der Waals surface area contributed by atoms with Crippen molar-refractivity contribution in [1.82, 2.24) is 14.8 Å². The van der Waals surface area contributed by atoms with Crippen LogP contribution in [0.25, 0.3) is 10.9 Å². The van der Waals surface area contributed by atoms with E-state index in [0.717, 1.165) is 18.5 Å². The molecule has 0 spiro atoms. The van der Waals surface area contributed by atoms with Crippen molar-refractivity contribution < 1.29 is 22.7 Å². The number of ether oxygens (including phenoxy) is 1. The number of hydrogen-bond donors (Lipinski definition) is 1. The molecule has 3 heterocycles. The van der Waals surface area contributed by atoms with Gasteiger partial charge in [0, 0.05) is 30.2 Å². The summed E-state index contributed by atoms with van der Waals surface area (Å²) in [6, 6.07) is 3.37. The largest absolute Gasteiger partial charge is 0.433 e. The summed E-state index contributed by atoms with van der Waals surface area (Å²) in [5.74, 6) is -0.328. The van der Waals surface area contributed by atoms with Gasteiger partial charge in [-0.15, -0.1) is 0 Å². The van der Waals surface area contributed by atoms with Crippen molar-refractivity contribution in [2.75, 3.05) is 18.5 Å². The first-order valence-corrected chi connectivity index (χ1v) is 11.1. The second-order valence-corrected chi connectivity index (χ2v) is 8.92. The number of fused-ring (bicyclic) bond motifs is 1. The Labute approximate surface area is 198 Å². The molecule has 0 radical (unpaired) electrons. The Morgan fingerprint density at radius 2 is 1.91 bits per heavy atom. The van der Waals surface area contributed by atoms with Crippen molar-refractivity contribution in [3.8, 4) is 0 Å². The maximum atomic E-state index is 13.5. The molecule has 33 heavy (non-hydrogen) atoms. The van der Waals surface area contributed by atoms with Gasteiger partial charge in [-0.2, -0.15) is 18.3 Å². The zero-order valence-corrected chi connectivity index (χ0v) is 19.4. The van der Waals surface area contributed by atoms with E-state index in [1.165, 1.54) is 12.1 Å². The lowest BCUT2D eigenvalue weighted by atomic mass is 10.0. The smallest absolute Gasteiger partial charge is 0.381 e. The highest BCUT2D eigenvalue weighted by molar-refractivity contribution is 6.39. The van der Waals surface area contributed by atoms with E-state index in [2.05, 4.69) is 15.4 Å². The van der Waals surface area contributed by atoms with Gasteiger partial charge in [0.15, 0.2) is 0 Å². The second-order valence-electron chi connectivity index (χ2n) is 8.07. The number of carbonyl (C=O) groups is 1. The third-order valence-electron chi connectivity index (χ3n) is 5.76. The minimum Gasteiger partial charge on any atom is -0.381 e. The minimum atomic E-state index is -4.76. The fourth-order valence-electron chi connectivity index (χ4n) is 4.00. The van der Waals surface area contributed by atoms with Crippen molar-refractivity contribution >= 4 is 45.7 Å². The first-order valence-electron chi connectivity index (χ1n) is 10.3. The number of halogens is 5. The first kappa shape index (κ1) is 23.8. The lowest BCUT2D eigenvalue weighted by Gasteiger charge is -2.22. The van der Waals surface area contributed by atoms with E-state index in [9.17, 15) is 18.0 Å². The van der Waals surface area contributed by atoms with Crippen LogP contribution in [0.1, 0.15) is 40.3 Å². The van der Waals surface area contributed by atoms with Gasteiger partial charge in [0.25, 0.3) is 5.91 Å². The Morgan fingerprint density at radius 3 is 2.58 bits per heavy atom. The normalized spacial score (nSPS) is 15.2. The number of alkyl halides is 3. The van der Waals surface area contributed by atoms with Gasteiger partial charge < -0.3 is 10.1 Å². The van der Waals surface area contributed by atoms with E-state index in [-0.39, 0.29) is 26.5 Å². The Kier molecular flexibility index (Phi) is 6.57. The molecule has 1 aromatic carbocycles. The SMILES string of the molecule is Cc1nn(CC2CCOCC2)c(C)c1NC(=O)c1cc(C(F)(F)F)nc2c(Cl)cc(Cl)cc12. The Balaban J connectivity index is 1.71. The van der Waals surface area contributed by atoms with Crippen molar-refractivity contribution in [2.24, 2.45) is 5.92 Å². The summed E-state index contributed by atoms with van der Waals surface area (Å²) in [4.78, 5) is 16.8. The number of benzene rings is 1. The molecule has 0 aliphatic carbocycles. The lowest BCUT2D eigenvalue weighted by molar-refractivity contribution is -0.140. The van der Waals surface area contributed by atoms with Crippen molar-refractivity contribution in [3.63, 3.8) is 0 Å². The number of aryl methyl sites for hydroxylation is 1. The minimum absolute atomic E-state index is 0.0747. The van der Waals surface area contributed by atoms with Gasteiger partial charge in [-0.25, -0.2) is 4.98 Å². The predicted molar refractivity (Wildman–Crippen MR) is 120 cm³/mol. The molecule has 176 valence electrons. The van der Waals surface area contributed by atoms with Crippen LogP contribution in [0.5, 0.6) is 0 Å². The highest BCUT2D eigenvalue weighted by atomic mass is 35.5. The molecule has 3 aromatic rings. The topological polar surface area (TPSA) is 69.0 Å². The van der Waals surface area contributed by atoms with Crippen LogP contribution in [0, 0.1) is 19.8 Å². The number of anilines is 1. The predicted octanol–water partition coefficient (Wildman–Crippen LogP) is 6.05. The van der Waals surface area contributed by atoms with Crippen molar-refractivity contribution in [3.05, 3.63) is 50.9 Å². The van der Waals surface area contributed by atoms with E-state index in [1.807, 2.05) is 11.6 Å². The Bertz CT molecular complexity index is 1220. The molecule has 0 unspecified atom stereocenters. The highest BCUT2D eigenvalue weighted by Gasteiger charge is 2.34. The monoisotopic (exact) mass is 500 g/mol. The lowest BCUT2D eigenvalue weighted by Crippen LogP contribution is -2.21. The van der Waals surface area contributed by atoms with E-state index >= 15 is 0 Å². The molecule has 11 heteroatoms. The summed E-state index contributed by atoms with van der Waals surface area (Å²) in [6.45, 7) is 5.63. The molecule has 0 saturated carbocycles. The molecular formula is C22H21Cl2F3N4O2. The number of hydrogen-bond acceptors (Lipinski definition) is 4. The molecule has 6 nitrogen and oxygen atoms in total. The molecule has 1 amide bonds. The van der Waals surface area contributed by atoms with Gasteiger partial charge in [-0.3, -0.25) is 9.48 Å². The number of rotatable bonds is 4. The molecule has 2 aromatic heterocycles. The number of carbonyl (C=O) groups excluding carboxylic acids is 1. The first-order chi connectivity index (χ1) is 15.5. The van der Waals surface area contributed by atoms with Crippen molar-refractivity contribution in [1.29, 1.82) is 0 Å². The fourth-order valence-corrected chi connectivity index (χ4v) is 4.53. The number of amides is 1. The highest BCUT2D eigenvalue weighted by Crippen LogP contribution is 2.35. The second kappa shape index (κ2) is 9.12. The van der Waals surface area contributed by atoms with Crippen molar-refractivity contribution in [2.45, 2.75) is 39.4 Å². The molecule has 1 aliphatic heterocycles. The summed E-state index contributed by atoms with van der Waals surface area (Å²) < 4.78 is 47.6. The number of pyridine rings is 1. The van der Waals surface area contributed by atoms with Crippen LogP contribution < -0.4 is 5.32 Å². The number of nitrogens with zero attached hydrogens (tertiary/aromatic N) is 3. The molecule has 1 N–H and O–H groups in total. The van der Waals surface area contributed by atoms with Gasteiger partial charge in [0.1, 0.15) is 5.69 Å². The maximum absolute atomic E-state index is 13.5. The fraction of sp³-hybridized carbons (Fsp3) is 0.409. The van der Waals surface area contributed by atoms with E-state index in [4.69, 9.17) is 27.9 Å². The molecule has 4 rings (SSSR count). The van der Waals surface area contributed by atoms with Gasteiger partial charge in [0.2, 0.25) is 0 Å².